The minimum absolute atomic E-state index is 0.109. The van der Waals surface area contributed by atoms with E-state index in [-0.39, 0.29) is 11.0 Å². The predicted molar refractivity (Wildman–Crippen MR) is 75.5 cm³/mol. The van der Waals surface area contributed by atoms with Crippen molar-refractivity contribution in [2.45, 2.75) is 19.8 Å². The fourth-order valence-electron chi connectivity index (χ4n) is 1.77. The molecule has 1 aromatic heterocycles. The molecule has 0 unspecified atom stereocenters. The van der Waals surface area contributed by atoms with Gasteiger partial charge < -0.3 is 10.3 Å². The van der Waals surface area contributed by atoms with Crippen LogP contribution in [0.1, 0.15) is 35.7 Å². The lowest BCUT2D eigenvalue weighted by Crippen LogP contribution is -2.20. The third-order valence-electron chi connectivity index (χ3n) is 2.88. The summed E-state index contributed by atoms with van der Waals surface area (Å²) in [7, 11) is 0. The van der Waals surface area contributed by atoms with Crippen molar-refractivity contribution < 1.29 is 4.79 Å². The number of carbonyl (C=O) groups excluding carboxylic acids is 1. The van der Waals surface area contributed by atoms with Gasteiger partial charge in [0.1, 0.15) is 5.56 Å². The summed E-state index contributed by atoms with van der Waals surface area (Å²) in [5.74, 6) is -0.0141. The van der Waals surface area contributed by atoms with E-state index in [0.29, 0.717) is 11.6 Å². The predicted octanol–water partition coefficient (Wildman–Crippen LogP) is 2.75. The summed E-state index contributed by atoms with van der Waals surface area (Å²) >= 11 is 0. The second-order valence-electron chi connectivity index (χ2n) is 4.66. The van der Waals surface area contributed by atoms with Crippen LogP contribution in [-0.4, -0.2) is 10.9 Å². The molecular formula is C15H16N2O2. The number of amides is 1. The Morgan fingerprint density at radius 2 is 2.05 bits per heavy atom. The van der Waals surface area contributed by atoms with E-state index in [1.165, 1.54) is 18.5 Å². The molecule has 0 radical (unpaired) electrons. The second kappa shape index (κ2) is 5.52. The minimum atomic E-state index is -0.400. The van der Waals surface area contributed by atoms with E-state index in [1.54, 1.807) is 6.07 Å². The third-order valence-corrected chi connectivity index (χ3v) is 2.88. The smallest absolute Gasteiger partial charge is 0.261 e. The zero-order chi connectivity index (χ0) is 13.8. The van der Waals surface area contributed by atoms with Gasteiger partial charge in [-0.05, 0) is 23.6 Å². The number of aromatic nitrogens is 1. The number of benzene rings is 1. The summed E-state index contributed by atoms with van der Waals surface area (Å²) in [6, 6.07) is 8.95. The number of carbonyl (C=O) groups is 1. The number of anilines is 1. The molecule has 0 spiro atoms. The van der Waals surface area contributed by atoms with Crippen LogP contribution in [0.4, 0.5) is 5.69 Å². The lowest BCUT2D eigenvalue weighted by molar-refractivity contribution is 0.102. The molecule has 1 heterocycles. The van der Waals surface area contributed by atoms with Crippen LogP contribution in [0.2, 0.25) is 0 Å². The largest absolute Gasteiger partial charge is 0.367 e. The Bertz CT molecular complexity index is 644. The SMILES string of the molecule is CC(C)c1cccc(NC(=O)c2c[nH]ccc2=O)c1. The highest BCUT2D eigenvalue weighted by molar-refractivity contribution is 6.03. The molecule has 98 valence electrons. The molecule has 0 aliphatic heterocycles. The van der Waals surface area contributed by atoms with Gasteiger partial charge in [0.05, 0.1) is 0 Å². The molecule has 0 aliphatic rings. The quantitative estimate of drug-likeness (QED) is 0.887. The molecule has 1 aromatic carbocycles. The fourth-order valence-corrected chi connectivity index (χ4v) is 1.77. The Morgan fingerprint density at radius 3 is 2.74 bits per heavy atom. The van der Waals surface area contributed by atoms with Crippen molar-refractivity contribution in [2.24, 2.45) is 0 Å². The number of rotatable bonds is 3. The van der Waals surface area contributed by atoms with Crippen molar-refractivity contribution in [3.63, 3.8) is 0 Å². The lowest BCUT2D eigenvalue weighted by Gasteiger charge is -2.09. The molecule has 0 bridgehead atoms. The summed E-state index contributed by atoms with van der Waals surface area (Å²) < 4.78 is 0. The molecule has 4 heteroatoms. The maximum absolute atomic E-state index is 12.0. The first-order valence-electron chi connectivity index (χ1n) is 6.16. The van der Waals surface area contributed by atoms with E-state index in [4.69, 9.17) is 0 Å². The van der Waals surface area contributed by atoms with Gasteiger partial charge >= 0.3 is 0 Å². The van der Waals surface area contributed by atoms with Crippen LogP contribution < -0.4 is 10.7 Å². The Balaban J connectivity index is 2.22. The van der Waals surface area contributed by atoms with Crippen LogP contribution in [-0.2, 0) is 0 Å². The molecule has 0 saturated heterocycles. The number of aromatic amines is 1. The first kappa shape index (κ1) is 13.1. The average Bonchev–Trinajstić information content (AvgIpc) is 2.39. The van der Waals surface area contributed by atoms with Crippen molar-refractivity contribution in [1.29, 1.82) is 0 Å². The van der Waals surface area contributed by atoms with Gasteiger partial charge in [-0.15, -0.1) is 0 Å². The highest BCUT2D eigenvalue weighted by Gasteiger charge is 2.10. The number of nitrogens with one attached hydrogen (secondary N) is 2. The molecule has 2 N–H and O–H groups in total. The van der Waals surface area contributed by atoms with Gasteiger partial charge in [0, 0.05) is 24.1 Å². The standard InChI is InChI=1S/C15H16N2O2/c1-10(2)11-4-3-5-12(8-11)17-15(19)13-9-16-7-6-14(13)18/h3-10H,1-2H3,(H,16,18)(H,17,19). The van der Waals surface area contributed by atoms with E-state index >= 15 is 0 Å². The number of hydrogen-bond donors (Lipinski definition) is 2. The van der Waals surface area contributed by atoms with Crippen molar-refractivity contribution >= 4 is 11.6 Å². The number of hydrogen-bond acceptors (Lipinski definition) is 2. The highest BCUT2D eigenvalue weighted by atomic mass is 16.2. The highest BCUT2D eigenvalue weighted by Crippen LogP contribution is 2.18. The van der Waals surface area contributed by atoms with Gasteiger partial charge in [-0.3, -0.25) is 9.59 Å². The van der Waals surface area contributed by atoms with Gasteiger partial charge in [0.15, 0.2) is 5.43 Å². The summed E-state index contributed by atoms with van der Waals surface area (Å²) in [6.07, 6.45) is 2.91. The van der Waals surface area contributed by atoms with Gasteiger partial charge in [-0.25, -0.2) is 0 Å². The molecule has 0 atom stereocenters. The second-order valence-corrected chi connectivity index (χ2v) is 4.66. The monoisotopic (exact) mass is 256 g/mol. The van der Waals surface area contributed by atoms with Crippen LogP contribution in [0, 0.1) is 0 Å². The Morgan fingerprint density at radius 1 is 1.26 bits per heavy atom. The molecule has 4 nitrogen and oxygen atoms in total. The summed E-state index contributed by atoms with van der Waals surface area (Å²) in [4.78, 5) is 26.3. The normalized spacial score (nSPS) is 10.5. The van der Waals surface area contributed by atoms with Crippen LogP contribution >= 0.6 is 0 Å². The van der Waals surface area contributed by atoms with Crippen molar-refractivity contribution in [1.82, 2.24) is 4.98 Å². The van der Waals surface area contributed by atoms with Crippen molar-refractivity contribution in [2.75, 3.05) is 5.32 Å². The summed E-state index contributed by atoms with van der Waals surface area (Å²) in [6.45, 7) is 4.17. The van der Waals surface area contributed by atoms with Crippen LogP contribution in [0.5, 0.6) is 0 Å². The first-order valence-corrected chi connectivity index (χ1v) is 6.16. The molecule has 19 heavy (non-hydrogen) atoms. The van der Waals surface area contributed by atoms with Gasteiger partial charge in [-0.2, -0.15) is 0 Å². The summed E-state index contributed by atoms with van der Waals surface area (Å²) in [5.41, 5.74) is 1.65. The lowest BCUT2D eigenvalue weighted by atomic mass is 10.0. The van der Waals surface area contributed by atoms with E-state index in [1.807, 2.05) is 18.2 Å². The molecule has 0 saturated carbocycles. The molecular weight excluding hydrogens is 240 g/mol. The molecule has 0 fully saturated rings. The number of pyridine rings is 1. The zero-order valence-corrected chi connectivity index (χ0v) is 10.9. The van der Waals surface area contributed by atoms with Crippen molar-refractivity contribution in [3.05, 3.63) is 64.1 Å². The van der Waals surface area contributed by atoms with Gasteiger partial charge in [0.25, 0.3) is 5.91 Å². The van der Waals surface area contributed by atoms with Crippen molar-refractivity contribution in [3.8, 4) is 0 Å². The van der Waals surface area contributed by atoms with E-state index in [0.717, 1.165) is 5.56 Å². The molecule has 0 aliphatic carbocycles. The minimum Gasteiger partial charge on any atom is -0.367 e. The van der Waals surface area contributed by atoms with Gasteiger partial charge in [-0.1, -0.05) is 26.0 Å². The zero-order valence-electron chi connectivity index (χ0n) is 10.9. The maximum Gasteiger partial charge on any atom is 0.261 e. The van der Waals surface area contributed by atoms with E-state index < -0.39 is 5.91 Å². The number of H-pyrrole nitrogens is 1. The van der Waals surface area contributed by atoms with Gasteiger partial charge in [0.2, 0.25) is 0 Å². The van der Waals surface area contributed by atoms with E-state index in [2.05, 4.69) is 24.1 Å². The summed E-state index contributed by atoms with van der Waals surface area (Å²) in [5, 5.41) is 2.74. The van der Waals surface area contributed by atoms with Crippen LogP contribution in [0.3, 0.4) is 0 Å². The Kier molecular flexibility index (Phi) is 3.80. The Labute approximate surface area is 111 Å². The average molecular weight is 256 g/mol. The fraction of sp³-hybridized carbons (Fsp3) is 0.200. The Hall–Kier alpha value is -2.36. The first-order chi connectivity index (χ1) is 9.08. The topological polar surface area (TPSA) is 62.0 Å². The molecule has 2 rings (SSSR count). The van der Waals surface area contributed by atoms with E-state index in [9.17, 15) is 9.59 Å². The van der Waals surface area contributed by atoms with Crippen LogP contribution in [0.15, 0.2) is 47.5 Å². The maximum atomic E-state index is 12.0. The van der Waals surface area contributed by atoms with Crippen LogP contribution in [0.25, 0.3) is 0 Å². The third kappa shape index (κ3) is 3.10. The molecule has 1 amide bonds. The molecule has 2 aromatic rings.